The lowest BCUT2D eigenvalue weighted by Gasteiger charge is -2.05. The molecule has 0 saturated heterocycles. The van der Waals surface area contributed by atoms with Crippen molar-refractivity contribution in [2.24, 2.45) is 0 Å². The molecular weight excluding hydrogens is 268 g/mol. The highest BCUT2D eigenvalue weighted by molar-refractivity contribution is 9.10. The van der Waals surface area contributed by atoms with E-state index in [4.69, 9.17) is 5.73 Å². The maximum atomic E-state index is 13.4. The first-order valence-electron chi connectivity index (χ1n) is 4.04. The van der Waals surface area contributed by atoms with Crippen molar-refractivity contribution in [1.29, 1.82) is 0 Å². The van der Waals surface area contributed by atoms with Crippen molar-refractivity contribution < 1.29 is 8.78 Å². The fourth-order valence-electron chi connectivity index (χ4n) is 1.22. The fourth-order valence-corrected chi connectivity index (χ4v) is 1.81. The van der Waals surface area contributed by atoms with Gasteiger partial charge in [0, 0.05) is 22.8 Å². The van der Waals surface area contributed by atoms with Crippen molar-refractivity contribution in [3.05, 3.63) is 40.5 Å². The summed E-state index contributed by atoms with van der Waals surface area (Å²) in [7, 11) is 0. The van der Waals surface area contributed by atoms with Crippen LogP contribution >= 0.6 is 15.9 Å². The van der Waals surface area contributed by atoms with Gasteiger partial charge in [-0.15, -0.1) is 0 Å². The molecule has 0 unspecified atom stereocenters. The normalized spacial score (nSPS) is 10.6. The zero-order chi connectivity index (χ0) is 11.0. The predicted molar refractivity (Wildman–Crippen MR) is 55.6 cm³/mol. The highest BCUT2D eigenvalue weighted by Gasteiger charge is 2.12. The van der Waals surface area contributed by atoms with Crippen LogP contribution in [0.25, 0.3) is 5.69 Å². The minimum atomic E-state index is -0.704. The molecule has 1 aromatic carbocycles. The maximum Gasteiger partial charge on any atom is 0.152 e. The van der Waals surface area contributed by atoms with E-state index in [-0.39, 0.29) is 16.0 Å². The highest BCUT2D eigenvalue weighted by Crippen LogP contribution is 2.25. The molecule has 0 radical (unpaired) electrons. The third-order valence-electron chi connectivity index (χ3n) is 1.82. The molecule has 3 nitrogen and oxygen atoms in total. The molecule has 2 aromatic rings. The number of nitrogens with zero attached hydrogens (tertiary/aromatic N) is 2. The maximum absolute atomic E-state index is 13.4. The molecule has 78 valence electrons. The number of nitrogen functional groups attached to an aromatic ring is 1. The van der Waals surface area contributed by atoms with Crippen molar-refractivity contribution in [2.75, 3.05) is 5.73 Å². The van der Waals surface area contributed by atoms with E-state index in [9.17, 15) is 8.78 Å². The molecule has 1 aromatic heterocycles. The van der Waals surface area contributed by atoms with Crippen LogP contribution in [0.15, 0.2) is 28.9 Å². The zero-order valence-electron chi connectivity index (χ0n) is 7.42. The monoisotopic (exact) mass is 273 g/mol. The minimum absolute atomic E-state index is 0.133. The Morgan fingerprint density at radius 1 is 1.33 bits per heavy atom. The predicted octanol–water partition coefficient (Wildman–Crippen LogP) is 2.50. The third kappa shape index (κ3) is 1.85. The molecule has 0 aliphatic rings. The van der Waals surface area contributed by atoms with Crippen molar-refractivity contribution in [3.8, 4) is 5.69 Å². The quantitative estimate of drug-likeness (QED) is 0.868. The van der Waals surface area contributed by atoms with E-state index in [0.717, 1.165) is 12.1 Å². The van der Waals surface area contributed by atoms with Crippen LogP contribution in [0.4, 0.5) is 14.6 Å². The van der Waals surface area contributed by atoms with Gasteiger partial charge in [0.05, 0.1) is 0 Å². The van der Waals surface area contributed by atoms with Crippen LogP contribution in [0, 0.1) is 11.6 Å². The number of anilines is 1. The van der Waals surface area contributed by atoms with Crippen LogP contribution < -0.4 is 5.73 Å². The summed E-state index contributed by atoms with van der Waals surface area (Å²) in [6.45, 7) is 0. The van der Waals surface area contributed by atoms with Gasteiger partial charge in [0.2, 0.25) is 0 Å². The summed E-state index contributed by atoms with van der Waals surface area (Å²) in [6, 6.07) is 3.48. The Labute approximate surface area is 92.6 Å². The summed E-state index contributed by atoms with van der Waals surface area (Å²) in [5.74, 6) is -1.08. The number of hydrogen-bond donors (Lipinski definition) is 1. The first-order chi connectivity index (χ1) is 7.08. The second-order valence-electron chi connectivity index (χ2n) is 2.90. The van der Waals surface area contributed by atoms with Gasteiger partial charge in [0.25, 0.3) is 0 Å². The lowest BCUT2D eigenvalue weighted by atomic mass is 10.3. The van der Waals surface area contributed by atoms with E-state index >= 15 is 0 Å². The van der Waals surface area contributed by atoms with Crippen molar-refractivity contribution in [3.63, 3.8) is 0 Å². The summed E-state index contributed by atoms with van der Waals surface area (Å²) >= 11 is 3.06. The lowest BCUT2D eigenvalue weighted by Crippen LogP contribution is -2.01. The molecule has 0 aliphatic heterocycles. The topological polar surface area (TPSA) is 43.8 Å². The van der Waals surface area contributed by atoms with Crippen molar-refractivity contribution in [1.82, 2.24) is 9.78 Å². The number of hydrogen-bond acceptors (Lipinski definition) is 2. The average Bonchev–Trinajstić information content (AvgIpc) is 2.49. The Morgan fingerprint density at radius 3 is 2.60 bits per heavy atom. The molecule has 0 amide bonds. The molecule has 1 heterocycles. The van der Waals surface area contributed by atoms with Crippen molar-refractivity contribution >= 4 is 21.7 Å². The van der Waals surface area contributed by atoms with Gasteiger partial charge in [0.15, 0.2) is 5.82 Å². The second-order valence-corrected chi connectivity index (χ2v) is 3.76. The SMILES string of the molecule is Nc1ccn(-c2c(F)cc(F)cc2Br)n1. The van der Waals surface area contributed by atoms with E-state index in [0.29, 0.717) is 0 Å². The standard InChI is InChI=1S/C9H6BrF2N3/c10-6-3-5(11)4-7(12)9(6)15-2-1-8(13)14-15/h1-4H,(H2,13,14). The highest BCUT2D eigenvalue weighted by atomic mass is 79.9. The molecule has 0 fully saturated rings. The van der Waals surface area contributed by atoms with E-state index in [1.165, 1.54) is 16.9 Å². The fraction of sp³-hybridized carbons (Fsp3) is 0. The number of aromatic nitrogens is 2. The molecule has 0 bridgehead atoms. The summed E-state index contributed by atoms with van der Waals surface area (Å²) < 4.78 is 27.8. The van der Waals surface area contributed by atoms with E-state index in [1.54, 1.807) is 0 Å². The molecule has 0 spiro atoms. The first-order valence-corrected chi connectivity index (χ1v) is 4.83. The van der Waals surface area contributed by atoms with Gasteiger partial charge in [0.1, 0.15) is 17.3 Å². The van der Waals surface area contributed by atoms with Gasteiger partial charge in [-0.05, 0) is 22.0 Å². The van der Waals surface area contributed by atoms with Gasteiger partial charge in [-0.2, -0.15) is 5.10 Å². The molecule has 2 rings (SSSR count). The molecule has 15 heavy (non-hydrogen) atoms. The average molecular weight is 274 g/mol. The van der Waals surface area contributed by atoms with Crippen LogP contribution in [0.3, 0.4) is 0 Å². The van der Waals surface area contributed by atoms with Crippen LogP contribution in [-0.4, -0.2) is 9.78 Å². The Balaban J connectivity index is 2.62. The molecule has 0 aliphatic carbocycles. The zero-order valence-corrected chi connectivity index (χ0v) is 9.00. The summed E-state index contributed by atoms with van der Waals surface area (Å²) in [5.41, 5.74) is 5.53. The van der Waals surface area contributed by atoms with Crippen LogP contribution in [-0.2, 0) is 0 Å². The molecule has 6 heteroatoms. The van der Waals surface area contributed by atoms with Crippen LogP contribution in [0.5, 0.6) is 0 Å². The Hall–Kier alpha value is -1.43. The van der Waals surface area contributed by atoms with Gasteiger partial charge in [-0.1, -0.05) is 0 Å². The number of nitrogens with two attached hydrogens (primary N) is 1. The summed E-state index contributed by atoms with van der Waals surface area (Å²) in [5, 5.41) is 3.83. The van der Waals surface area contributed by atoms with Gasteiger partial charge in [-0.3, -0.25) is 0 Å². The van der Waals surface area contributed by atoms with Crippen LogP contribution in [0.2, 0.25) is 0 Å². The molecule has 0 atom stereocenters. The number of rotatable bonds is 1. The number of halogens is 3. The largest absolute Gasteiger partial charge is 0.382 e. The first kappa shape index (κ1) is 10.1. The third-order valence-corrected chi connectivity index (χ3v) is 2.42. The Kier molecular flexibility index (Phi) is 2.44. The van der Waals surface area contributed by atoms with E-state index in [2.05, 4.69) is 21.0 Å². The summed E-state index contributed by atoms with van der Waals surface area (Å²) in [6.07, 6.45) is 1.50. The van der Waals surface area contributed by atoms with Gasteiger partial charge < -0.3 is 5.73 Å². The van der Waals surface area contributed by atoms with Gasteiger partial charge in [-0.25, -0.2) is 13.5 Å². The van der Waals surface area contributed by atoms with Crippen molar-refractivity contribution in [2.45, 2.75) is 0 Å². The molecule has 2 N–H and O–H groups in total. The van der Waals surface area contributed by atoms with E-state index < -0.39 is 11.6 Å². The molecular formula is C9H6BrF2N3. The van der Waals surface area contributed by atoms with E-state index in [1.807, 2.05) is 0 Å². The Morgan fingerprint density at radius 2 is 2.07 bits per heavy atom. The smallest absolute Gasteiger partial charge is 0.152 e. The second kappa shape index (κ2) is 3.62. The lowest BCUT2D eigenvalue weighted by molar-refractivity contribution is 0.572. The minimum Gasteiger partial charge on any atom is -0.382 e. The van der Waals surface area contributed by atoms with Crippen LogP contribution in [0.1, 0.15) is 0 Å². The Bertz CT molecular complexity index is 487. The van der Waals surface area contributed by atoms with Gasteiger partial charge >= 0.3 is 0 Å². The summed E-state index contributed by atoms with van der Waals surface area (Å²) in [4.78, 5) is 0. The number of benzene rings is 1. The molecule has 0 saturated carbocycles.